The molecule has 3 rings (SSSR count). The zero-order valence-corrected chi connectivity index (χ0v) is 19.8. The van der Waals surface area contributed by atoms with Crippen LogP contribution in [-0.4, -0.2) is 56.8 Å². The van der Waals surface area contributed by atoms with Crippen molar-refractivity contribution in [1.82, 2.24) is 20.2 Å². The van der Waals surface area contributed by atoms with Crippen LogP contribution in [0.3, 0.4) is 0 Å². The molecule has 0 bridgehead atoms. The standard InChI is InChI=1S/C23H28N6O6/c1-23(2,3)35-22(34)29-11-15(25-13-29)9-17(27-21(33)16-6-7-19(31)26-16)18(30)12-28-8-4-5-14(10-28)20(24)32/h4-5,8,10-11,13,16-17H,6-7,9,12H2,1-3H3,(H3-,24,26,27,31,32,33)/p+1. The van der Waals surface area contributed by atoms with Gasteiger partial charge in [-0.2, -0.15) is 4.57 Å². The topological polar surface area (TPSA) is 166 Å². The third kappa shape index (κ3) is 7.19. The number of hydrogen-bond acceptors (Lipinski definition) is 7. The van der Waals surface area contributed by atoms with E-state index in [1.165, 1.54) is 29.4 Å². The second-order valence-corrected chi connectivity index (χ2v) is 9.27. The summed E-state index contributed by atoms with van der Waals surface area (Å²) < 4.78 is 7.95. The summed E-state index contributed by atoms with van der Waals surface area (Å²) in [6, 6.07) is 1.36. The molecule has 2 unspecified atom stereocenters. The van der Waals surface area contributed by atoms with Crippen LogP contribution in [0.2, 0.25) is 0 Å². The minimum atomic E-state index is -1.01. The van der Waals surface area contributed by atoms with Crippen molar-refractivity contribution in [2.24, 2.45) is 5.73 Å². The lowest BCUT2D eigenvalue weighted by molar-refractivity contribution is -0.684. The summed E-state index contributed by atoms with van der Waals surface area (Å²) in [6.07, 6.45) is 5.66. The van der Waals surface area contributed by atoms with E-state index in [4.69, 9.17) is 10.5 Å². The molecule has 2 aromatic heterocycles. The van der Waals surface area contributed by atoms with Crippen LogP contribution in [0.4, 0.5) is 4.79 Å². The van der Waals surface area contributed by atoms with Crippen molar-refractivity contribution in [2.75, 3.05) is 0 Å². The Morgan fingerprint density at radius 1 is 1.34 bits per heavy atom. The molecule has 0 spiro atoms. The van der Waals surface area contributed by atoms with E-state index >= 15 is 0 Å². The maximum atomic E-state index is 13.2. The predicted molar refractivity (Wildman–Crippen MR) is 121 cm³/mol. The van der Waals surface area contributed by atoms with Crippen molar-refractivity contribution in [3.8, 4) is 0 Å². The number of carbonyl (C=O) groups excluding carboxylic acids is 5. The number of primary amides is 1. The smallest absolute Gasteiger partial charge is 0.419 e. The largest absolute Gasteiger partial charge is 0.443 e. The number of pyridine rings is 1. The number of ketones is 1. The average Bonchev–Trinajstić information content (AvgIpc) is 3.41. The number of carbonyl (C=O) groups is 5. The Hall–Kier alpha value is -4.09. The number of imidazole rings is 1. The van der Waals surface area contributed by atoms with Gasteiger partial charge < -0.3 is 21.1 Å². The summed E-state index contributed by atoms with van der Waals surface area (Å²) in [5, 5.41) is 5.26. The van der Waals surface area contributed by atoms with Gasteiger partial charge in [-0.05, 0) is 33.3 Å². The van der Waals surface area contributed by atoms with Gasteiger partial charge in [0, 0.05) is 25.1 Å². The average molecular weight is 486 g/mol. The molecular formula is C23H29N6O6+. The fourth-order valence-electron chi connectivity index (χ4n) is 3.48. The van der Waals surface area contributed by atoms with Crippen LogP contribution in [0.1, 0.15) is 49.7 Å². The van der Waals surface area contributed by atoms with E-state index in [0.717, 1.165) is 4.57 Å². The molecule has 0 radical (unpaired) electrons. The van der Waals surface area contributed by atoms with Gasteiger partial charge in [0.2, 0.25) is 24.1 Å². The van der Waals surface area contributed by atoms with Crippen LogP contribution in [0.5, 0.6) is 0 Å². The number of nitrogens with two attached hydrogens (primary N) is 1. The zero-order valence-electron chi connectivity index (χ0n) is 19.8. The van der Waals surface area contributed by atoms with Gasteiger partial charge in [-0.15, -0.1) is 0 Å². The molecule has 12 heteroatoms. The van der Waals surface area contributed by atoms with Gasteiger partial charge in [0.25, 0.3) is 5.91 Å². The first-order valence-corrected chi connectivity index (χ1v) is 11.1. The maximum Gasteiger partial charge on any atom is 0.419 e. The number of aromatic nitrogens is 3. The van der Waals surface area contributed by atoms with E-state index in [1.54, 1.807) is 33.0 Å². The van der Waals surface area contributed by atoms with Gasteiger partial charge in [-0.25, -0.2) is 14.3 Å². The van der Waals surface area contributed by atoms with Crippen LogP contribution in [0.25, 0.3) is 0 Å². The minimum Gasteiger partial charge on any atom is -0.443 e. The van der Waals surface area contributed by atoms with Crippen molar-refractivity contribution in [1.29, 1.82) is 0 Å². The maximum absolute atomic E-state index is 13.2. The van der Waals surface area contributed by atoms with Crippen molar-refractivity contribution in [2.45, 2.75) is 64.3 Å². The Kier molecular flexibility index (Phi) is 7.62. The van der Waals surface area contributed by atoms with E-state index in [2.05, 4.69) is 15.6 Å². The Morgan fingerprint density at radius 3 is 2.71 bits per heavy atom. The highest BCUT2D eigenvalue weighted by molar-refractivity contribution is 5.94. The van der Waals surface area contributed by atoms with E-state index in [0.29, 0.717) is 12.1 Å². The molecule has 0 aliphatic carbocycles. The van der Waals surface area contributed by atoms with E-state index in [-0.39, 0.29) is 36.6 Å². The highest BCUT2D eigenvalue weighted by Gasteiger charge is 2.32. The normalized spacial score (nSPS) is 16.3. The Morgan fingerprint density at radius 2 is 2.09 bits per heavy atom. The third-order valence-corrected chi connectivity index (χ3v) is 5.15. The van der Waals surface area contributed by atoms with Crippen LogP contribution in [0.15, 0.2) is 37.1 Å². The molecule has 2 aromatic rings. The number of rotatable bonds is 8. The molecule has 3 amide bonds. The molecule has 12 nitrogen and oxygen atoms in total. The summed E-state index contributed by atoms with van der Waals surface area (Å²) in [4.78, 5) is 65.3. The van der Waals surface area contributed by atoms with E-state index in [1.807, 2.05) is 0 Å². The van der Waals surface area contributed by atoms with Crippen LogP contribution in [-0.2, 0) is 32.1 Å². The van der Waals surface area contributed by atoms with Crippen molar-refractivity contribution in [3.05, 3.63) is 48.3 Å². The van der Waals surface area contributed by atoms with Gasteiger partial charge in [0.05, 0.1) is 11.7 Å². The Labute approximate surface area is 201 Å². The lowest BCUT2D eigenvalue weighted by Gasteiger charge is -2.19. The molecule has 1 aliphatic rings. The van der Waals surface area contributed by atoms with Crippen molar-refractivity contribution >= 4 is 29.6 Å². The van der Waals surface area contributed by atoms with Crippen LogP contribution >= 0.6 is 0 Å². The minimum absolute atomic E-state index is 0.00287. The fraction of sp³-hybridized carbons (Fsp3) is 0.435. The summed E-state index contributed by atoms with van der Waals surface area (Å²) >= 11 is 0. The van der Waals surface area contributed by atoms with Crippen LogP contribution in [0, 0.1) is 0 Å². The Balaban J connectivity index is 1.77. The monoisotopic (exact) mass is 485 g/mol. The highest BCUT2D eigenvalue weighted by atomic mass is 16.6. The lowest BCUT2D eigenvalue weighted by Crippen LogP contribution is -2.53. The second-order valence-electron chi connectivity index (χ2n) is 9.27. The first-order chi connectivity index (χ1) is 16.4. The number of Topliss-reactive ketones (excluding diaryl/α,β-unsaturated/α-hetero) is 1. The number of nitrogens with zero attached hydrogens (tertiary/aromatic N) is 3. The Bertz CT molecular complexity index is 1150. The quantitative estimate of drug-likeness (QED) is 0.429. The van der Waals surface area contributed by atoms with Gasteiger partial charge in [-0.1, -0.05) is 0 Å². The first-order valence-electron chi connectivity index (χ1n) is 11.1. The first kappa shape index (κ1) is 25.5. The molecule has 1 fully saturated rings. The van der Waals surface area contributed by atoms with Gasteiger partial charge in [0.15, 0.2) is 12.4 Å². The predicted octanol–water partition coefficient (Wildman–Crippen LogP) is -0.372. The molecule has 3 heterocycles. The summed E-state index contributed by atoms with van der Waals surface area (Å²) in [5.41, 5.74) is 5.22. The molecule has 0 saturated carbocycles. The molecule has 35 heavy (non-hydrogen) atoms. The van der Waals surface area contributed by atoms with Crippen molar-refractivity contribution < 1.29 is 33.3 Å². The fourth-order valence-corrected chi connectivity index (χ4v) is 3.48. The summed E-state index contributed by atoms with van der Waals surface area (Å²) in [7, 11) is 0. The summed E-state index contributed by atoms with van der Waals surface area (Å²) in [5.74, 6) is -1.73. The summed E-state index contributed by atoms with van der Waals surface area (Å²) in [6.45, 7) is 5.05. The molecule has 186 valence electrons. The third-order valence-electron chi connectivity index (χ3n) is 5.15. The zero-order chi connectivity index (χ0) is 25.8. The van der Waals surface area contributed by atoms with E-state index in [9.17, 15) is 24.0 Å². The van der Waals surface area contributed by atoms with E-state index < -0.39 is 35.6 Å². The van der Waals surface area contributed by atoms with Gasteiger partial charge in [0.1, 0.15) is 23.5 Å². The highest BCUT2D eigenvalue weighted by Crippen LogP contribution is 2.11. The van der Waals surface area contributed by atoms with Gasteiger partial charge >= 0.3 is 6.09 Å². The van der Waals surface area contributed by atoms with Gasteiger partial charge in [-0.3, -0.25) is 19.2 Å². The van der Waals surface area contributed by atoms with Crippen molar-refractivity contribution in [3.63, 3.8) is 0 Å². The number of nitrogens with one attached hydrogen (secondary N) is 2. The number of hydrogen-bond donors (Lipinski definition) is 3. The second kappa shape index (κ2) is 10.5. The molecule has 1 aliphatic heterocycles. The number of ether oxygens (including phenoxy) is 1. The lowest BCUT2D eigenvalue weighted by atomic mass is 10.1. The molecule has 0 aromatic carbocycles. The number of amides is 3. The molecular weight excluding hydrogens is 456 g/mol. The van der Waals surface area contributed by atoms with Crippen LogP contribution < -0.4 is 20.9 Å². The SMILES string of the molecule is CC(C)(C)OC(=O)n1cnc(CC(NC(=O)C2CCC(=O)N2)C(=O)C[n+]2cccc(C(N)=O)c2)c1. The molecule has 2 atom stereocenters. The molecule has 1 saturated heterocycles. The molecule has 4 N–H and O–H groups in total.